The average molecular weight is 387 g/mol. The van der Waals surface area contributed by atoms with Crippen LogP contribution < -0.4 is 5.32 Å². The van der Waals surface area contributed by atoms with Crippen LogP contribution in [-0.2, 0) is 12.8 Å². The van der Waals surface area contributed by atoms with Gasteiger partial charge in [0.2, 0.25) is 0 Å². The molecule has 0 spiro atoms. The van der Waals surface area contributed by atoms with Crippen LogP contribution in [0.3, 0.4) is 0 Å². The van der Waals surface area contributed by atoms with Gasteiger partial charge in [-0.2, -0.15) is 0 Å². The number of nitrogens with one attached hydrogen (secondary N) is 1. The average Bonchev–Trinajstić information content (AvgIpc) is 3.48. The first-order valence-corrected chi connectivity index (χ1v) is 11.5. The minimum atomic E-state index is 0.273. The molecule has 2 aliphatic carbocycles. The number of β-amino-alcohol motifs (C(OH)–C–C–N with tert-alkyl or cyclic N) is 1. The number of aliphatic hydroxyl groups is 1. The molecular formula is C21H30N4OS. The summed E-state index contributed by atoms with van der Waals surface area (Å²) in [6.07, 6.45) is 9.94. The summed E-state index contributed by atoms with van der Waals surface area (Å²) in [5.41, 5.74) is 1.53. The molecule has 1 saturated carbocycles. The lowest BCUT2D eigenvalue weighted by molar-refractivity contribution is 0.151. The van der Waals surface area contributed by atoms with E-state index in [0.717, 1.165) is 37.8 Å². The molecule has 1 aliphatic heterocycles. The van der Waals surface area contributed by atoms with Crippen LogP contribution in [0, 0.1) is 5.92 Å². The summed E-state index contributed by atoms with van der Waals surface area (Å²) in [4.78, 5) is 15.1. The van der Waals surface area contributed by atoms with Gasteiger partial charge in [-0.1, -0.05) is 0 Å². The summed E-state index contributed by atoms with van der Waals surface area (Å²) in [6.45, 7) is 4.31. The molecule has 0 amide bonds. The molecule has 0 radical (unpaired) electrons. The van der Waals surface area contributed by atoms with Crippen molar-refractivity contribution in [1.29, 1.82) is 0 Å². The molecule has 2 aromatic rings. The number of piperidine rings is 1. The number of rotatable bonds is 6. The third-order valence-corrected chi connectivity index (χ3v) is 7.64. The number of fused-ring (bicyclic) bond motifs is 3. The fourth-order valence-corrected chi connectivity index (χ4v) is 5.89. The highest BCUT2D eigenvalue weighted by atomic mass is 32.1. The van der Waals surface area contributed by atoms with E-state index < -0.39 is 0 Å². The molecule has 3 aliphatic rings. The highest BCUT2D eigenvalue weighted by Gasteiger charge is 2.29. The first-order valence-electron chi connectivity index (χ1n) is 10.7. The SMILES string of the molecule is OCCN1CCC(CNc2nc(C3CC3)nc3sc4c(c23)CCCC4)CC1. The van der Waals surface area contributed by atoms with Gasteiger partial charge in [-0.05, 0) is 75.9 Å². The van der Waals surface area contributed by atoms with Crippen molar-refractivity contribution >= 4 is 27.4 Å². The molecule has 2 aromatic heterocycles. The molecule has 5 nitrogen and oxygen atoms in total. The second-order valence-electron chi connectivity index (χ2n) is 8.49. The van der Waals surface area contributed by atoms with E-state index in [1.54, 1.807) is 4.88 Å². The number of anilines is 1. The van der Waals surface area contributed by atoms with E-state index in [2.05, 4.69) is 10.2 Å². The van der Waals surface area contributed by atoms with Gasteiger partial charge in [-0.15, -0.1) is 11.3 Å². The topological polar surface area (TPSA) is 61.3 Å². The highest BCUT2D eigenvalue weighted by molar-refractivity contribution is 7.19. The Bertz CT molecular complexity index is 808. The molecule has 0 unspecified atom stereocenters. The number of likely N-dealkylation sites (tertiary alicyclic amines) is 1. The Kier molecular flexibility index (Phi) is 5.05. The molecule has 2 N–H and O–H groups in total. The molecular weight excluding hydrogens is 356 g/mol. The lowest BCUT2D eigenvalue weighted by Gasteiger charge is -2.31. The van der Waals surface area contributed by atoms with Gasteiger partial charge >= 0.3 is 0 Å². The molecule has 0 aromatic carbocycles. The van der Waals surface area contributed by atoms with Crippen molar-refractivity contribution < 1.29 is 5.11 Å². The molecule has 1 saturated heterocycles. The Balaban J connectivity index is 1.36. The number of thiophene rings is 1. The molecule has 0 atom stereocenters. The largest absolute Gasteiger partial charge is 0.395 e. The van der Waals surface area contributed by atoms with E-state index in [1.165, 1.54) is 67.1 Å². The van der Waals surface area contributed by atoms with Gasteiger partial charge in [0, 0.05) is 23.9 Å². The third kappa shape index (κ3) is 3.71. The van der Waals surface area contributed by atoms with Crippen LogP contribution in [0.4, 0.5) is 5.82 Å². The summed E-state index contributed by atoms with van der Waals surface area (Å²) in [5.74, 6) is 3.47. The first kappa shape index (κ1) is 17.8. The van der Waals surface area contributed by atoms with Crippen molar-refractivity contribution in [2.45, 2.75) is 57.3 Å². The van der Waals surface area contributed by atoms with Crippen LogP contribution in [0.25, 0.3) is 10.2 Å². The Hall–Kier alpha value is -1.24. The molecule has 0 bridgehead atoms. The van der Waals surface area contributed by atoms with Crippen molar-refractivity contribution in [2.75, 3.05) is 38.1 Å². The maximum Gasteiger partial charge on any atom is 0.138 e. The minimum absolute atomic E-state index is 0.273. The molecule has 27 heavy (non-hydrogen) atoms. The fraction of sp³-hybridized carbons (Fsp3) is 0.714. The van der Waals surface area contributed by atoms with E-state index in [0.29, 0.717) is 11.8 Å². The van der Waals surface area contributed by atoms with Crippen molar-refractivity contribution in [3.8, 4) is 0 Å². The standard InChI is InChI=1S/C21H30N4OS/c26-12-11-25-9-7-14(8-10-25)13-22-20-18-16-3-1-2-4-17(16)27-21(18)24-19(23-20)15-5-6-15/h14-15,26H,1-13H2,(H,22,23,24). The quantitative estimate of drug-likeness (QED) is 0.795. The van der Waals surface area contributed by atoms with Crippen molar-refractivity contribution in [3.63, 3.8) is 0 Å². The molecule has 2 fully saturated rings. The lowest BCUT2D eigenvalue weighted by Crippen LogP contribution is -2.37. The summed E-state index contributed by atoms with van der Waals surface area (Å²) in [5, 5.41) is 14.2. The van der Waals surface area contributed by atoms with Crippen LogP contribution in [0.5, 0.6) is 0 Å². The van der Waals surface area contributed by atoms with Crippen LogP contribution in [0.2, 0.25) is 0 Å². The van der Waals surface area contributed by atoms with E-state index >= 15 is 0 Å². The Labute approximate surface area is 165 Å². The summed E-state index contributed by atoms with van der Waals surface area (Å²) in [7, 11) is 0. The van der Waals surface area contributed by atoms with Gasteiger partial charge < -0.3 is 15.3 Å². The van der Waals surface area contributed by atoms with Crippen LogP contribution in [0.15, 0.2) is 0 Å². The predicted octanol–water partition coefficient (Wildman–Crippen LogP) is 3.56. The summed E-state index contributed by atoms with van der Waals surface area (Å²) < 4.78 is 0. The van der Waals surface area contributed by atoms with Gasteiger partial charge in [0.1, 0.15) is 16.5 Å². The van der Waals surface area contributed by atoms with E-state index in [-0.39, 0.29) is 6.61 Å². The zero-order valence-corrected chi connectivity index (χ0v) is 16.9. The number of aromatic nitrogens is 2. The van der Waals surface area contributed by atoms with E-state index in [1.807, 2.05) is 11.3 Å². The second-order valence-corrected chi connectivity index (χ2v) is 9.57. The Morgan fingerprint density at radius 1 is 1.07 bits per heavy atom. The smallest absolute Gasteiger partial charge is 0.138 e. The monoisotopic (exact) mass is 386 g/mol. The van der Waals surface area contributed by atoms with Crippen LogP contribution >= 0.6 is 11.3 Å². The maximum atomic E-state index is 9.12. The van der Waals surface area contributed by atoms with Gasteiger partial charge in [0.05, 0.1) is 12.0 Å². The van der Waals surface area contributed by atoms with Gasteiger partial charge in [0.25, 0.3) is 0 Å². The Morgan fingerprint density at radius 3 is 2.67 bits per heavy atom. The predicted molar refractivity (Wildman–Crippen MR) is 111 cm³/mol. The zero-order valence-electron chi connectivity index (χ0n) is 16.0. The third-order valence-electron chi connectivity index (χ3n) is 6.46. The molecule has 3 heterocycles. The highest BCUT2D eigenvalue weighted by Crippen LogP contribution is 2.43. The summed E-state index contributed by atoms with van der Waals surface area (Å²) >= 11 is 1.92. The fourth-order valence-electron chi connectivity index (χ4n) is 4.62. The molecule has 6 heteroatoms. The van der Waals surface area contributed by atoms with E-state index in [9.17, 15) is 0 Å². The lowest BCUT2D eigenvalue weighted by atomic mass is 9.96. The minimum Gasteiger partial charge on any atom is -0.395 e. The maximum absolute atomic E-state index is 9.12. The number of nitrogens with zero attached hydrogens (tertiary/aromatic N) is 3. The van der Waals surface area contributed by atoms with Crippen molar-refractivity contribution in [1.82, 2.24) is 14.9 Å². The zero-order chi connectivity index (χ0) is 18.2. The number of aryl methyl sites for hydroxylation is 2. The van der Waals surface area contributed by atoms with Crippen LogP contribution in [0.1, 0.15) is 60.7 Å². The van der Waals surface area contributed by atoms with Crippen molar-refractivity contribution in [3.05, 3.63) is 16.3 Å². The van der Waals surface area contributed by atoms with Gasteiger partial charge in [-0.25, -0.2) is 9.97 Å². The first-order chi connectivity index (χ1) is 13.3. The number of aliphatic hydroxyl groups excluding tert-OH is 1. The molecule has 146 valence electrons. The molecule has 5 rings (SSSR count). The van der Waals surface area contributed by atoms with Crippen LogP contribution in [-0.4, -0.2) is 52.8 Å². The number of hydrogen-bond acceptors (Lipinski definition) is 6. The van der Waals surface area contributed by atoms with Gasteiger partial charge in [-0.3, -0.25) is 0 Å². The Morgan fingerprint density at radius 2 is 1.89 bits per heavy atom. The van der Waals surface area contributed by atoms with Gasteiger partial charge in [0.15, 0.2) is 0 Å². The van der Waals surface area contributed by atoms with Crippen molar-refractivity contribution in [2.24, 2.45) is 5.92 Å². The summed E-state index contributed by atoms with van der Waals surface area (Å²) in [6, 6.07) is 0. The number of hydrogen-bond donors (Lipinski definition) is 2. The van der Waals surface area contributed by atoms with E-state index in [4.69, 9.17) is 15.1 Å². The second kappa shape index (κ2) is 7.64. The normalized spacial score (nSPS) is 21.5.